The number of benzene rings is 1. The maximum absolute atomic E-state index is 12.0. The monoisotopic (exact) mass is 323 g/mol. The Balaban J connectivity index is 2.30. The molecule has 2 aromatic rings. The van der Waals surface area contributed by atoms with Crippen LogP contribution in [0.1, 0.15) is 20.8 Å². The van der Waals surface area contributed by atoms with Gasteiger partial charge in [0.05, 0.1) is 17.4 Å². The molecule has 1 aromatic heterocycles. The van der Waals surface area contributed by atoms with Crippen molar-refractivity contribution in [2.45, 2.75) is 0 Å². The van der Waals surface area contributed by atoms with E-state index in [1.165, 1.54) is 17.9 Å². The molecule has 0 bridgehead atoms. The minimum atomic E-state index is -1.15. The first kappa shape index (κ1) is 13.3. The Kier molecular flexibility index (Phi) is 3.66. The van der Waals surface area contributed by atoms with Crippen LogP contribution in [0.3, 0.4) is 0 Å². The predicted molar refractivity (Wildman–Crippen MR) is 72.3 cm³/mol. The smallest absolute Gasteiger partial charge is 0.356 e. The van der Waals surface area contributed by atoms with Crippen LogP contribution in [0.4, 0.5) is 5.69 Å². The normalized spacial score (nSPS) is 10.2. The van der Waals surface area contributed by atoms with Crippen LogP contribution in [0, 0.1) is 0 Å². The number of aromatic carboxylic acids is 1. The summed E-state index contributed by atoms with van der Waals surface area (Å²) in [7, 11) is 1.50. The molecule has 1 heterocycles. The molecule has 98 valence electrons. The summed E-state index contributed by atoms with van der Waals surface area (Å²) in [5.74, 6) is -1.55. The van der Waals surface area contributed by atoms with E-state index < -0.39 is 11.9 Å². The topological polar surface area (TPSA) is 84.2 Å². The minimum Gasteiger partial charge on any atom is -0.476 e. The number of rotatable bonds is 3. The van der Waals surface area contributed by atoms with Crippen LogP contribution in [0.5, 0.6) is 0 Å². The summed E-state index contributed by atoms with van der Waals surface area (Å²) in [4.78, 5) is 23.1. The van der Waals surface area contributed by atoms with Gasteiger partial charge in [0.15, 0.2) is 5.69 Å². The van der Waals surface area contributed by atoms with Gasteiger partial charge in [0.25, 0.3) is 5.91 Å². The molecule has 19 heavy (non-hydrogen) atoms. The molecule has 1 amide bonds. The predicted octanol–water partition coefficient (Wildman–Crippen LogP) is 2.13. The van der Waals surface area contributed by atoms with Crippen molar-refractivity contribution < 1.29 is 14.7 Å². The van der Waals surface area contributed by atoms with Crippen LogP contribution >= 0.6 is 15.9 Å². The summed E-state index contributed by atoms with van der Waals surface area (Å²) in [5.41, 5.74) is 0.513. The molecule has 2 N–H and O–H groups in total. The van der Waals surface area contributed by atoms with E-state index in [2.05, 4.69) is 26.3 Å². The second-order valence-corrected chi connectivity index (χ2v) is 4.62. The Morgan fingerprint density at radius 3 is 2.68 bits per heavy atom. The molecule has 0 fully saturated rings. The van der Waals surface area contributed by atoms with Crippen molar-refractivity contribution in [3.05, 3.63) is 46.2 Å². The highest BCUT2D eigenvalue weighted by atomic mass is 79.9. The lowest BCUT2D eigenvalue weighted by molar-refractivity contribution is 0.0686. The first-order valence-electron chi connectivity index (χ1n) is 5.32. The van der Waals surface area contributed by atoms with Crippen LogP contribution < -0.4 is 5.32 Å². The van der Waals surface area contributed by atoms with Gasteiger partial charge in [0, 0.05) is 11.5 Å². The van der Waals surface area contributed by atoms with E-state index in [1.54, 1.807) is 24.3 Å². The fourth-order valence-electron chi connectivity index (χ4n) is 1.62. The third-order valence-electron chi connectivity index (χ3n) is 2.51. The summed E-state index contributed by atoms with van der Waals surface area (Å²) in [6.45, 7) is 0. The number of aryl methyl sites for hydroxylation is 1. The van der Waals surface area contributed by atoms with E-state index in [-0.39, 0.29) is 11.4 Å². The summed E-state index contributed by atoms with van der Waals surface area (Å²) in [5, 5.41) is 15.4. The molecule has 0 saturated carbocycles. The second kappa shape index (κ2) is 5.23. The number of carbonyl (C=O) groups is 2. The minimum absolute atomic E-state index is 0.0691. The number of amides is 1. The Hall–Kier alpha value is -2.15. The number of carbonyl (C=O) groups excluding carboxylic acids is 1. The van der Waals surface area contributed by atoms with Crippen molar-refractivity contribution in [2.75, 3.05) is 5.32 Å². The van der Waals surface area contributed by atoms with Gasteiger partial charge >= 0.3 is 5.97 Å². The van der Waals surface area contributed by atoms with Crippen molar-refractivity contribution in [3.63, 3.8) is 0 Å². The SMILES string of the molecule is Cn1ncc(NC(=O)c2ccccc2Br)c1C(=O)O. The van der Waals surface area contributed by atoms with Crippen LogP contribution in [0.2, 0.25) is 0 Å². The number of hydrogen-bond acceptors (Lipinski definition) is 3. The molecular formula is C12H10BrN3O3. The van der Waals surface area contributed by atoms with Gasteiger partial charge < -0.3 is 10.4 Å². The number of anilines is 1. The average molecular weight is 324 g/mol. The molecule has 0 aliphatic heterocycles. The maximum Gasteiger partial charge on any atom is 0.356 e. The first-order valence-corrected chi connectivity index (χ1v) is 6.11. The number of hydrogen-bond donors (Lipinski definition) is 2. The van der Waals surface area contributed by atoms with E-state index in [0.717, 1.165) is 0 Å². The number of aromatic nitrogens is 2. The Bertz CT molecular complexity index is 651. The van der Waals surface area contributed by atoms with E-state index in [1.807, 2.05) is 0 Å². The van der Waals surface area contributed by atoms with Crippen molar-refractivity contribution in [1.29, 1.82) is 0 Å². The van der Waals surface area contributed by atoms with Gasteiger partial charge in [0.2, 0.25) is 0 Å². The van der Waals surface area contributed by atoms with Gasteiger partial charge in [-0.2, -0.15) is 5.10 Å². The number of nitrogens with one attached hydrogen (secondary N) is 1. The first-order chi connectivity index (χ1) is 9.00. The second-order valence-electron chi connectivity index (χ2n) is 3.77. The molecule has 0 aliphatic carbocycles. The van der Waals surface area contributed by atoms with Gasteiger partial charge in [-0.15, -0.1) is 0 Å². The fourth-order valence-corrected chi connectivity index (χ4v) is 2.08. The summed E-state index contributed by atoms with van der Waals surface area (Å²) >= 11 is 3.26. The average Bonchev–Trinajstić information content (AvgIpc) is 2.70. The van der Waals surface area contributed by atoms with Gasteiger partial charge in [0.1, 0.15) is 0 Å². The zero-order valence-electron chi connectivity index (χ0n) is 9.92. The Morgan fingerprint density at radius 2 is 2.05 bits per heavy atom. The molecule has 0 aliphatic rings. The molecule has 2 rings (SSSR count). The Morgan fingerprint density at radius 1 is 1.37 bits per heavy atom. The highest BCUT2D eigenvalue weighted by Crippen LogP contribution is 2.19. The van der Waals surface area contributed by atoms with E-state index in [0.29, 0.717) is 10.0 Å². The third-order valence-corrected chi connectivity index (χ3v) is 3.20. The van der Waals surface area contributed by atoms with Crippen molar-refractivity contribution >= 4 is 33.5 Å². The molecular weight excluding hydrogens is 314 g/mol. The largest absolute Gasteiger partial charge is 0.476 e. The zero-order chi connectivity index (χ0) is 14.0. The molecule has 0 atom stereocenters. The lowest BCUT2D eigenvalue weighted by Gasteiger charge is -2.06. The van der Waals surface area contributed by atoms with Crippen LogP contribution in [0.25, 0.3) is 0 Å². The van der Waals surface area contributed by atoms with Gasteiger partial charge in [-0.05, 0) is 28.1 Å². The molecule has 0 saturated heterocycles. The molecule has 7 heteroatoms. The number of carboxylic acid groups (broad SMARTS) is 1. The highest BCUT2D eigenvalue weighted by Gasteiger charge is 2.18. The summed E-state index contributed by atoms with van der Waals surface area (Å²) in [6, 6.07) is 6.88. The van der Waals surface area contributed by atoms with Crippen molar-refractivity contribution in [3.8, 4) is 0 Å². The number of nitrogens with zero attached hydrogens (tertiary/aromatic N) is 2. The third kappa shape index (κ3) is 2.65. The highest BCUT2D eigenvalue weighted by molar-refractivity contribution is 9.10. The van der Waals surface area contributed by atoms with Gasteiger partial charge in [-0.1, -0.05) is 12.1 Å². The lowest BCUT2D eigenvalue weighted by atomic mass is 10.2. The fraction of sp³-hybridized carbons (Fsp3) is 0.0833. The zero-order valence-corrected chi connectivity index (χ0v) is 11.5. The van der Waals surface area contributed by atoms with Crippen molar-refractivity contribution in [2.24, 2.45) is 7.05 Å². The summed E-state index contributed by atoms with van der Waals surface area (Å²) < 4.78 is 1.83. The van der Waals surface area contributed by atoms with E-state index in [9.17, 15) is 9.59 Å². The van der Waals surface area contributed by atoms with Crippen LogP contribution in [-0.4, -0.2) is 26.8 Å². The lowest BCUT2D eigenvalue weighted by Crippen LogP contribution is -2.15. The standard InChI is InChI=1S/C12H10BrN3O3/c1-16-10(12(18)19)9(6-14-16)15-11(17)7-4-2-3-5-8(7)13/h2-6H,1H3,(H,15,17)(H,18,19). The van der Waals surface area contributed by atoms with Gasteiger partial charge in [-0.3, -0.25) is 9.48 Å². The van der Waals surface area contributed by atoms with Crippen molar-refractivity contribution in [1.82, 2.24) is 9.78 Å². The number of halogens is 1. The maximum atomic E-state index is 12.0. The van der Waals surface area contributed by atoms with Gasteiger partial charge in [-0.25, -0.2) is 4.79 Å². The van der Waals surface area contributed by atoms with E-state index >= 15 is 0 Å². The quantitative estimate of drug-likeness (QED) is 0.906. The Labute approximate surface area is 117 Å². The van der Waals surface area contributed by atoms with Crippen LogP contribution in [0.15, 0.2) is 34.9 Å². The molecule has 0 radical (unpaired) electrons. The van der Waals surface area contributed by atoms with Crippen LogP contribution in [-0.2, 0) is 7.05 Å². The molecule has 0 unspecified atom stereocenters. The van der Waals surface area contributed by atoms with E-state index in [4.69, 9.17) is 5.11 Å². The molecule has 6 nitrogen and oxygen atoms in total. The number of carboxylic acids is 1. The molecule has 1 aromatic carbocycles. The molecule has 0 spiro atoms. The summed E-state index contributed by atoms with van der Waals surface area (Å²) in [6.07, 6.45) is 1.30.